The Morgan fingerprint density at radius 1 is 1.42 bits per heavy atom. The summed E-state index contributed by atoms with van der Waals surface area (Å²) in [6.07, 6.45) is 0. The zero-order valence-corrected chi connectivity index (χ0v) is 8.50. The Hall–Kier alpha value is -0.160. The average Bonchev–Trinajstić information content (AvgIpc) is 1.76. The van der Waals surface area contributed by atoms with Gasteiger partial charge in [-0.3, -0.25) is 0 Å². The molecule has 0 spiro atoms. The van der Waals surface area contributed by atoms with E-state index in [2.05, 4.69) is 21.1 Å². The van der Waals surface area contributed by atoms with E-state index >= 15 is 0 Å². The van der Waals surface area contributed by atoms with Gasteiger partial charge in [0.2, 0.25) is 0 Å². The normalized spacial score (nSPS) is 17.5. The molecule has 0 amide bonds. The first-order chi connectivity index (χ1) is 5.21. The summed E-state index contributed by atoms with van der Waals surface area (Å²) in [5, 5.41) is 9.09. The summed E-state index contributed by atoms with van der Waals surface area (Å²) < 4.78 is 6.04. The average molecular weight is 177 g/mol. The van der Waals surface area contributed by atoms with Gasteiger partial charge in [-0.2, -0.15) is 0 Å². The topological polar surface area (TPSA) is 55.5 Å². The van der Waals surface area contributed by atoms with E-state index in [1.54, 1.807) is 0 Å². The van der Waals surface area contributed by atoms with Crippen LogP contribution < -0.4 is 5.73 Å². The second-order valence-corrected chi connectivity index (χ2v) is 4.42. The molecule has 0 rings (SSSR count). The Morgan fingerprint density at radius 2 is 1.92 bits per heavy atom. The summed E-state index contributed by atoms with van der Waals surface area (Å²) in [4.78, 5) is 0. The van der Waals surface area contributed by atoms with Crippen molar-refractivity contribution in [1.29, 1.82) is 0 Å². The Labute approximate surface area is 74.5 Å². The molecule has 1 unspecified atom stereocenters. The molecule has 4 nitrogen and oxygen atoms in total. The van der Waals surface area contributed by atoms with Crippen LogP contribution in [0, 0.1) is 0 Å². The summed E-state index contributed by atoms with van der Waals surface area (Å²) in [6.45, 7) is 3.25. The van der Waals surface area contributed by atoms with Crippen LogP contribution >= 0.6 is 0 Å². The Bertz CT molecular complexity index is 108. The van der Waals surface area contributed by atoms with Gasteiger partial charge in [-0.25, -0.2) is 0 Å². The predicted molar refractivity (Wildman–Crippen MR) is 48.5 cm³/mol. The lowest BCUT2D eigenvalue weighted by Crippen LogP contribution is -2.43. The Kier molecular flexibility index (Phi) is 4.13. The van der Waals surface area contributed by atoms with Gasteiger partial charge in [0.15, 0.2) is 0 Å². The number of nitrogens with two attached hydrogens (primary N) is 1. The van der Waals surface area contributed by atoms with Crippen LogP contribution in [0.5, 0.6) is 0 Å². The van der Waals surface area contributed by atoms with Crippen molar-refractivity contribution in [1.82, 2.24) is 0 Å². The predicted octanol–water partition coefficient (Wildman–Crippen LogP) is -0.624. The van der Waals surface area contributed by atoms with Crippen LogP contribution in [0.2, 0.25) is 0 Å². The van der Waals surface area contributed by atoms with E-state index in [1.165, 1.54) is 6.92 Å². The van der Waals surface area contributed by atoms with Gasteiger partial charge in [-0.15, -0.1) is 0 Å². The first-order valence-electron chi connectivity index (χ1n) is 4.10. The molecule has 0 aromatic rings. The molecule has 1 atom stereocenters. The highest BCUT2D eigenvalue weighted by Crippen LogP contribution is 1.94. The molecule has 0 fully saturated rings. The SMILES string of the molecule is CC(N)(O)COCC[N+](C)(C)C. The second kappa shape index (κ2) is 4.18. The fourth-order valence-corrected chi connectivity index (χ4v) is 0.617. The molecule has 0 aliphatic rings. The van der Waals surface area contributed by atoms with Gasteiger partial charge in [-0.1, -0.05) is 0 Å². The molecule has 0 aliphatic carbocycles. The smallest absolute Gasteiger partial charge is 0.134 e. The maximum Gasteiger partial charge on any atom is 0.134 e. The molecule has 0 saturated heterocycles. The maximum atomic E-state index is 9.09. The molecule has 12 heavy (non-hydrogen) atoms. The van der Waals surface area contributed by atoms with Gasteiger partial charge in [0, 0.05) is 0 Å². The molecular weight excluding hydrogens is 156 g/mol. The zero-order chi connectivity index (χ0) is 9.83. The number of aliphatic hydroxyl groups is 1. The summed E-state index contributed by atoms with van der Waals surface area (Å²) in [6, 6.07) is 0. The monoisotopic (exact) mass is 177 g/mol. The van der Waals surface area contributed by atoms with Crippen molar-refractivity contribution in [3.63, 3.8) is 0 Å². The maximum absolute atomic E-state index is 9.09. The lowest BCUT2D eigenvalue weighted by molar-refractivity contribution is -0.870. The minimum absolute atomic E-state index is 0.188. The van der Waals surface area contributed by atoms with E-state index < -0.39 is 5.72 Å². The van der Waals surface area contributed by atoms with Crippen molar-refractivity contribution in [2.45, 2.75) is 12.6 Å². The molecule has 0 saturated carbocycles. The molecule has 3 N–H and O–H groups in total. The van der Waals surface area contributed by atoms with E-state index in [0.717, 1.165) is 11.0 Å². The number of quaternary nitrogens is 1. The number of rotatable bonds is 5. The van der Waals surface area contributed by atoms with Crippen molar-refractivity contribution in [3.8, 4) is 0 Å². The van der Waals surface area contributed by atoms with E-state index in [0.29, 0.717) is 6.61 Å². The van der Waals surface area contributed by atoms with Crippen LogP contribution in [0.3, 0.4) is 0 Å². The van der Waals surface area contributed by atoms with E-state index in [-0.39, 0.29) is 6.61 Å². The molecule has 0 radical (unpaired) electrons. The second-order valence-electron chi connectivity index (χ2n) is 4.42. The molecule has 0 bridgehead atoms. The molecular formula is C8H21N2O2+. The number of hydrogen-bond acceptors (Lipinski definition) is 3. The third-order valence-corrected chi connectivity index (χ3v) is 1.30. The van der Waals surface area contributed by atoms with Crippen LogP contribution in [-0.2, 0) is 4.74 Å². The third-order valence-electron chi connectivity index (χ3n) is 1.30. The Balaban J connectivity index is 3.35. The Morgan fingerprint density at radius 3 is 2.25 bits per heavy atom. The lowest BCUT2D eigenvalue weighted by Gasteiger charge is -2.24. The highest BCUT2D eigenvalue weighted by molar-refractivity contribution is 4.59. The molecule has 4 heteroatoms. The molecule has 74 valence electrons. The quantitative estimate of drug-likeness (QED) is 0.334. The van der Waals surface area contributed by atoms with Gasteiger partial charge in [0.1, 0.15) is 12.3 Å². The number of nitrogens with zero attached hydrogens (tertiary/aromatic N) is 1. The van der Waals surface area contributed by atoms with E-state index in [4.69, 9.17) is 15.6 Å². The highest BCUT2D eigenvalue weighted by Gasteiger charge is 2.13. The number of hydrogen-bond donors (Lipinski definition) is 2. The number of ether oxygens (including phenoxy) is 1. The summed E-state index contributed by atoms with van der Waals surface area (Å²) in [5.74, 6) is 0. The molecule has 0 aromatic carbocycles. The van der Waals surface area contributed by atoms with Gasteiger partial charge in [-0.05, 0) is 6.92 Å². The fraction of sp³-hybridized carbons (Fsp3) is 1.00. The highest BCUT2D eigenvalue weighted by atomic mass is 16.5. The molecule has 0 heterocycles. The summed E-state index contributed by atoms with van der Waals surface area (Å²) in [5.41, 5.74) is 4.11. The summed E-state index contributed by atoms with van der Waals surface area (Å²) >= 11 is 0. The van der Waals surface area contributed by atoms with E-state index in [9.17, 15) is 0 Å². The first-order valence-corrected chi connectivity index (χ1v) is 4.10. The van der Waals surface area contributed by atoms with Crippen molar-refractivity contribution < 1.29 is 14.3 Å². The van der Waals surface area contributed by atoms with Gasteiger partial charge in [0.05, 0.1) is 34.4 Å². The lowest BCUT2D eigenvalue weighted by atomic mass is 10.3. The van der Waals surface area contributed by atoms with Crippen LogP contribution in [0.1, 0.15) is 6.92 Å². The van der Waals surface area contributed by atoms with Crippen molar-refractivity contribution in [2.24, 2.45) is 5.73 Å². The molecule has 0 aliphatic heterocycles. The van der Waals surface area contributed by atoms with Crippen LogP contribution in [0.4, 0.5) is 0 Å². The largest absolute Gasteiger partial charge is 0.374 e. The van der Waals surface area contributed by atoms with Crippen molar-refractivity contribution >= 4 is 0 Å². The van der Waals surface area contributed by atoms with Gasteiger partial charge >= 0.3 is 0 Å². The minimum Gasteiger partial charge on any atom is -0.374 e. The minimum atomic E-state index is -1.20. The molecule has 0 aromatic heterocycles. The standard InChI is InChI=1S/C8H21N2O2/c1-8(9,11)7-12-6-5-10(2,3)4/h11H,5-7,9H2,1-4H3/q+1. The van der Waals surface area contributed by atoms with Crippen LogP contribution in [0.15, 0.2) is 0 Å². The van der Waals surface area contributed by atoms with Crippen molar-refractivity contribution in [3.05, 3.63) is 0 Å². The number of likely N-dealkylation sites (N-methyl/N-ethyl adjacent to an activating group) is 1. The first kappa shape index (κ1) is 11.8. The van der Waals surface area contributed by atoms with E-state index in [1.807, 2.05) is 0 Å². The van der Waals surface area contributed by atoms with Gasteiger partial charge < -0.3 is 20.1 Å². The zero-order valence-electron chi connectivity index (χ0n) is 8.50. The third kappa shape index (κ3) is 9.84. The van der Waals surface area contributed by atoms with Crippen LogP contribution in [-0.4, -0.2) is 56.2 Å². The fourth-order valence-electron chi connectivity index (χ4n) is 0.617. The van der Waals surface area contributed by atoms with Crippen LogP contribution in [0.25, 0.3) is 0 Å². The van der Waals surface area contributed by atoms with Gasteiger partial charge in [0.25, 0.3) is 0 Å². The van der Waals surface area contributed by atoms with Crippen molar-refractivity contribution in [2.75, 3.05) is 40.9 Å². The summed E-state index contributed by atoms with van der Waals surface area (Å²) in [7, 11) is 6.26.